The average Bonchev–Trinajstić information content (AvgIpc) is 2.42. The third-order valence-corrected chi connectivity index (χ3v) is 3.78. The van der Waals surface area contributed by atoms with Crippen molar-refractivity contribution in [3.05, 3.63) is 47.1 Å². The van der Waals surface area contributed by atoms with Gasteiger partial charge in [-0.05, 0) is 35.7 Å². The van der Waals surface area contributed by atoms with Gasteiger partial charge < -0.3 is 5.32 Å². The summed E-state index contributed by atoms with van der Waals surface area (Å²) in [6, 6.07) is 6.13. The van der Waals surface area contributed by atoms with Gasteiger partial charge in [0.25, 0.3) is 0 Å². The zero-order chi connectivity index (χ0) is 15.5. The lowest BCUT2D eigenvalue weighted by molar-refractivity contribution is 0.597. The van der Waals surface area contributed by atoms with E-state index in [1.165, 1.54) is 12.1 Å². The summed E-state index contributed by atoms with van der Waals surface area (Å²) in [4.78, 5) is 7.28. The van der Waals surface area contributed by atoms with Crippen molar-refractivity contribution in [1.82, 2.24) is 9.97 Å². The predicted octanol–water partition coefficient (Wildman–Crippen LogP) is 1.57. The zero-order valence-electron chi connectivity index (χ0n) is 10.8. The van der Waals surface area contributed by atoms with Crippen LogP contribution >= 0.6 is 11.6 Å². The zero-order valence-corrected chi connectivity index (χ0v) is 12.3. The Morgan fingerprint density at radius 2 is 1.95 bits per heavy atom. The topological polar surface area (TPSA) is 98.0 Å². The fraction of sp³-hybridized carbons (Fsp3) is 0.167. The number of nitrogens with two attached hydrogens (primary N) is 1. The lowest BCUT2D eigenvalue weighted by Crippen LogP contribution is -2.12. The number of hydrogen-bond acceptors (Lipinski definition) is 5. The molecule has 0 bridgehead atoms. The molecule has 0 aliphatic carbocycles. The molecule has 2 aromatic rings. The van der Waals surface area contributed by atoms with Crippen molar-refractivity contribution in [3.8, 4) is 0 Å². The second kappa shape index (κ2) is 6.33. The standard InChI is InChI=1S/C12H12ClFN4O2S/c13-12-17-7-10(14)11(18-12)16-6-5-8-1-3-9(4-2-8)21(15,19)20/h1-4,7H,5-6H2,(H2,15,19,20)(H,16,17,18). The Morgan fingerprint density at radius 1 is 1.29 bits per heavy atom. The minimum absolute atomic E-state index is 0.0242. The predicted molar refractivity (Wildman–Crippen MR) is 77.0 cm³/mol. The van der Waals surface area contributed by atoms with Gasteiger partial charge in [0.05, 0.1) is 11.1 Å². The maximum absolute atomic E-state index is 13.4. The molecule has 0 atom stereocenters. The molecule has 0 saturated heterocycles. The summed E-state index contributed by atoms with van der Waals surface area (Å²) < 4.78 is 35.6. The van der Waals surface area contributed by atoms with E-state index < -0.39 is 15.8 Å². The molecule has 1 aromatic carbocycles. The van der Waals surface area contributed by atoms with Crippen LogP contribution in [0.1, 0.15) is 5.56 Å². The number of hydrogen-bond donors (Lipinski definition) is 2. The van der Waals surface area contributed by atoms with Crippen molar-refractivity contribution in [3.63, 3.8) is 0 Å². The van der Waals surface area contributed by atoms with Crippen molar-refractivity contribution in [2.45, 2.75) is 11.3 Å². The molecule has 2 rings (SSSR count). The summed E-state index contributed by atoms with van der Waals surface area (Å²) in [7, 11) is -3.69. The highest BCUT2D eigenvalue weighted by Gasteiger charge is 2.07. The summed E-state index contributed by atoms with van der Waals surface area (Å²) in [5.41, 5.74) is 0.871. The number of nitrogens with zero attached hydrogens (tertiary/aromatic N) is 2. The first-order valence-electron chi connectivity index (χ1n) is 5.90. The summed E-state index contributed by atoms with van der Waals surface area (Å²) >= 11 is 5.58. The normalized spacial score (nSPS) is 11.4. The number of aromatic nitrogens is 2. The van der Waals surface area contributed by atoms with Gasteiger partial charge in [-0.2, -0.15) is 4.98 Å². The van der Waals surface area contributed by atoms with Gasteiger partial charge in [0.1, 0.15) is 0 Å². The Bertz CT molecular complexity index is 737. The van der Waals surface area contributed by atoms with Crippen molar-refractivity contribution >= 4 is 27.4 Å². The summed E-state index contributed by atoms with van der Waals surface area (Å²) in [5, 5.41) is 7.75. The Balaban J connectivity index is 1.96. The fourth-order valence-corrected chi connectivity index (χ4v) is 2.29. The van der Waals surface area contributed by atoms with E-state index in [-0.39, 0.29) is 16.0 Å². The van der Waals surface area contributed by atoms with Gasteiger partial charge in [0.15, 0.2) is 11.6 Å². The van der Waals surface area contributed by atoms with E-state index in [0.717, 1.165) is 11.8 Å². The van der Waals surface area contributed by atoms with Gasteiger partial charge in [-0.15, -0.1) is 0 Å². The monoisotopic (exact) mass is 330 g/mol. The van der Waals surface area contributed by atoms with Gasteiger partial charge in [-0.1, -0.05) is 12.1 Å². The van der Waals surface area contributed by atoms with E-state index in [0.29, 0.717) is 13.0 Å². The van der Waals surface area contributed by atoms with Crippen LogP contribution < -0.4 is 10.5 Å². The molecule has 112 valence electrons. The van der Waals surface area contributed by atoms with Crippen molar-refractivity contribution in [1.29, 1.82) is 0 Å². The molecule has 6 nitrogen and oxygen atoms in total. The van der Waals surface area contributed by atoms with Crippen LogP contribution in [0.3, 0.4) is 0 Å². The van der Waals surface area contributed by atoms with Crippen molar-refractivity contribution < 1.29 is 12.8 Å². The summed E-state index contributed by atoms with van der Waals surface area (Å²) in [6.45, 7) is 0.402. The molecular formula is C12H12ClFN4O2S. The van der Waals surface area contributed by atoms with Gasteiger partial charge >= 0.3 is 0 Å². The molecule has 0 aliphatic rings. The van der Waals surface area contributed by atoms with E-state index >= 15 is 0 Å². The van der Waals surface area contributed by atoms with Crippen LogP contribution in [0.5, 0.6) is 0 Å². The van der Waals surface area contributed by atoms with Crippen molar-refractivity contribution in [2.75, 3.05) is 11.9 Å². The Kier molecular flexibility index (Phi) is 4.71. The van der Waals surface area contributed by atoms with Gasteiger partial charge in [-0.3, -0.25) is 0 Å². The molecule has 1 aromatic heterocycles. The highest BCUT2D eigenvalue weighted by molar-refractivity contribution is 7.89. The third kappa shape index (κ3) is 4.35. The van der Waals surface area contributed by atoms with Crippen LogP contribution in [-0.2, 0) is 16.4 Å². The molecule has 21 heavy (non-hydrogen) atoms. The molecule has 9 heteroatoms. The largest absolute Gasteiger partial charge is 0.367 e. The maximum Gasteiger partial charge on any atom is 0.238 e. The summed E-state index contributed by atoms with van der Waals surface area (Å²) in [5.74, 6) is -0.569. The van der Waals surface area contributed by atoms with E-state index in [4.69, 9.17) is 16.7 Å². The minimum Gasteiger partial charge on any atom is -0.367 e. The number of sulfonamides is 1. The van der Waals surface area contributed by atoms with Gasteiger partial charge in [0.2, 0.25) is 15.3 Å². The highest BCUT2D eigenvalue weighted by atomic mass is 35.5. The minimum atomic E-state index is -3.69. The molecule has 1 heterocycles. The number of anilines is 1. The maximum atomic E-state index is 13.4. The Labute approximate surface area is 126 Å². The number of halogens is 2. The molecule has 0 unspecified atom stereocenters. The van der Waals surface area contributed by atoms with E-state index in [9.17, 15) is 12.8 Å². The van der Waals surface area contributed by atoms with Crippen LogP contribution in [0, 0.1) is 5.82 Å². The van der Waals surface area contributed by atoms with Crippen LogP contribution in [0.15, 0.2) is 35.4 Å². The molecular weight excluding hydrogens is 319 g/mol. The average molecular weight is 331 g/mol. The molecule has 3 N–H and O–H groups in total. The highest BCUT2D eigenvalue weighted by Crippen LogP contribution is 2.13. The van der Waals surface area contributed by atoms with Gasteiger partial charge in [0, 0.05) is 6.54 Å². The number of benzene rings is 1. The second-order valence-corrected chi connectivity index (χ2v) is 6.10. The van der Waals surface area contributed by atoms with E-state index in [1.54, 1.807) is 12.1 Å². The first-order valence-corrected chi connectivity index (χ1v) is 7.82. The lowest BCUT2D eigenvalue weighted by Gasteiger charge is -2.07. The van der Waals surface area contributed by atoms with Crippen molar-refractivity contribution in [2.24, 2.45) is 5.14 Å². The first-order chi connectivity index (χ1) is 9.86. The number of primary sulfonamides is 1. The lowest BCUT2D eigenvalue weighted by atomic mass is 10.1. The summed E-state index contributed by atoms with van der Waals surface area (Å²) in [6.07, 6.45) is 1.53. The molecule has 0 saturated carbocycles. The van der Waals surface area contributed by atoms with Gasteiger partial charge in [-0.25, -0.2) is 22.9 Å². The first kappa shape index (κ1) is 15.6. The number of nitrogens with one attached hydrogen (secondary N) is 1. The van der Waals surface area contributed by atoms with Crippen LogP contribution in [0.25, 0.3) is 0 Å². The van der Waals surface area contributed by atoms with E-state index in [1.807, 2.05) is 0 Å². The third-order valence-electron chi connectivity index (χ3n) is 2.67. The quantitative estimate of drug-likeness (QED) is 0.811. The molecule has 0 fully saturated rings. The number of rotatable bonds is 5. The van der Waals surface area contributed by atoms with Crippen LogP contribution in [0.2, 0.25) is 5.28 Å². The Morgan fingerprint density at radius 3 is 2.57 bits per heavy atom. The molecule has 0 aliphatic heterocycles. The molecule has 0 amide bonds. The smallest absolute Gasteiger partial charge is 0.238 e. The van der Waals surface area contributed by atoms with Crippen LogP contribution in [0.4, 0.5) is 10.2 Å². The van der Waals surface area contributed by atoms with E-state index in [2.05, 4.69) is 15.3 Å². The Hall–Kier alpha value is -1.77. The second-order valence-electron chi connectivity index (χ2n) is 4.20. The molecule has 0 radical (unpaired) electrons. The molecule has 0 spiro atoms. The SMILES string of the molecule is NS(=O)(=O)c1ccc(CCNc2nc(Cl)ncc2F)cc1. The fourth-order valence-electron chi connectivity index (χ4n) is 1.64. The van der Waals surface area contributed by atoms with Crippen LogP contribution in [-0.4, -0.2) is 24.9 Å².